The number of allylic oxidation sites excluding steroid dienone is 1. The van der Waals surface area contributed by atoms with Gasteiger partial charge in [-0.05, 0) is 19.3 Å². The van der Waals surface area contributed by atoms with Crippen LogP contribution in [0.25, 0.3) is 0 Å². The van der Waals surface area contributed by atoms with Crippen molar-refractivity contribution in [3.8, 4) is 0 Å². The van der Waals surface area contributed by atoms with E-state index in [1.165, 1.54) is 0 Å². The van der Waals surface area contributed by atoms with Crippen molar-refractivity contribution < 1.29 is 9.09 Å². The lowest BCUT2D eigenvalue weighted by atomic mass is 10.3. The largest absolute Gasteiger partial charge is 0.330 e. The summed E-state index contributed by atoms with van der Waals surface area (Å²) in [6.07, 6.45) is 6.54. The highest BCUT2D eigenvalue weighted by molar-refractivity contribution is 7.39. The third-order valence-corrected chi connectivity index (χ3v) is 2.84. The lowest BCUT2D eigenvalue weighted by Crippen LogP contribution is -1.87. The molecule has 0 aliphatic heterocycles. The first kappa shape index (κ1) is 11.9. The molecular weight excluding hydrogens is 171 g/mol. The molecule has 1 unspecified atom stereocenters. The molecule has 0 aliphatic carbocycles. The average molecular weight is 190 g/mol. The summed E-state index contributed by atoms with van der Waals surface area (Å²) < 4.78 is 16.3. The maximum atomic E-state index is 11.1. The SMILES string of the molecule is C=CCCC[PH](=O)OCCCC. The molecule has 1 atom stereocenters. The van der Waals surface area contributed by atoms with Gasteiger partial charge in [0.2, 0.25) is 0 Å². The van der Waals surface area contributed by atoms with Crippen LogP contribution in [0, 0.1) is 0 Å². The third-order valence-electron chi connectivity index (χ3n) is 1.55. The van der Waals surface area contributed by atoms with Crippen LogP contribution in [-0.2, 0) is 9.09 Å². The van der Waals surface area contributed by atoms with Crippen LogP contribution in [0.1, 0.15) is 32.6 Å². The minimum atomic E-state index is -1.73. The van der Waals surface area contributed by atoms with Crippen molar-refractivity contribution in [2.45, 2.75) is 32.6 Å². The van der Waals surface area contributed by atoms with Gasteiger partial charge in [-0.3, -0.25) is 4.57 Å². The van der Waals surface area contributed by atoms with E-state index >= 15 is 0 Å². The van der Waals surface area contributed by atoms with E-state index < -0.39 is 8.03 Å². The fraction of sp³-hybridized carbons (Fsp3) is 0.778. The minimum Gasteiger partial charge on any atom is -0.330 e. The second-order valence-corrected chi connectivity index (χ2v) is 4.29. The summed E-state index contributed by atoms with van der Waals surface area (Å²) in [6.45, 7) is 6.35. The van der Waals surface area contributed by atoms with Crippen LogP contribution >= 0.6 is 8.03 Å². The third kappa shape index (κ3) is 8.03. The van der Waals surface area contributed by atoms with Crippen molar-refractivity contribution in [1.29, 1.82) is 0 Å². The van der Waals surface area contributed by atoms with Gasteiger partial charge < -0.3 is 4.52 Å². The van der Waals surface area contributed by atoms with Crippen molar-refractivity contribution in [2.75, 3.05) is 12.8 Å². The highest BCUT2D eigenvalue weighted by Gasteiger charge is 1.97. The fourth-order valence-electron chi connectivity index (χ4n) is 0.793. The maximum Gasteiger partial charge on any atom is 0.191 e. The predicted octanol–water partition coefficient (Wildman–Crippen LogP) is 3.24. The molecule has 0 N–H and O–H groups in total. The van der Waals surface area contributed by atoms with Crippen molar-refractivity contribution in [1.82, 2.24) is 0 Å². The Morgan fingerprint density at radius 2 is 2.25 bits per heavy atom. The number of rotatable bonds is 8. The monoisotopic (exact) mass is 190 g/mol. The highest BCUT2D eigenvalue weighted by atomic mass is 31.1. The molecule has 0 bridgehead atoms. The molecule has 0 aromatic rings. The molecule has 0 saturated heterocycles. The highest BCUT2D eigenvalue weighted by Crippen LogP contribution is 2.23. The first-order valence-corrected chi connectivity index (χ1v) is 6.10. The van der Waals surface area contributed by atoms with Crippen LogP contribution in [0.15, 0.2) is 12.7 Å². The predicted molar refractivity (Wildman–Crippen MR) is 54.2 cm³/mol. The van der Waals surface area contributed by atoms with Gasteiger partial charge in [-0.1, -0.05) is 19.4 Å². The Labute approximate surface area is 75.9 Å². The molecule has 0 aromatic carbocycles. The Morgan fingerprint density at radius 3 is 2.83 bits per heavy atom. The zero-order valence-electron chi connectivity index (χ0n) is 7.84. The number of unbranched alkanes of at least 4 members (excludes halogenated alkanes) is 2. The molecule has 0 spiro atoms. The number of hydrogen-bond acceptors (Lipinski definition) is 2. The van der Waals surface area contributed by atoms with Crippen molar-refractivity contribution in [3.05, 3.63) is 12.7 Å². The zero-order valence-corrected chi connectivity index (χ0v) is 8.84. The lowest BCUT2D eigenvalue weighted by Gasteiger charge is -2.01. The van der Waals surface area contributed by atoms with E-state index in [2.05, 4.69) is 13.5 Å². The van der Waals surface area contributed by atoms with E-state index in [0.29, 0.717) is 12.8 Å². The molecule has 0 saturated carbocycles. The fourth-order valence-corrected chi connectivity index (χ4v) is 1.80. The Kier molecular flexibility index (Phi) is 8.97. The molecular formula is C9H19O2P. The van der Waals surface area contributed by atoms with Gasteiger partial charge in [0.05, 0.1) is 6.61 Å². The van der Waals surface area contributed by atoms with Gasteiger partial charge in [0.15, 0.2) is 8.03 Å². The van der Waals surface area contributed by atoms with Gasteiger partial charge in [-0.15, -0.1) is 6.58 Å². The van der Waals surface area contributed by atoms with E-state index in [0.717, 1.165) is 25.7 Å². The Morgan fingerprint density at radius 1 is 1.50 bits per heavy atom. The molecule has 0 aliphatic rings. The zero-order chi connectivity index (χ0) is 9.23. The van der Waals surface area contributed by atoms with Gasteiger partial charge in [0.1, 0.15) is 0 Å². The molecule has 0 heterocycles. The van der Waals surface area contributed by atoms with Crippen molar-refractivity contribution >= 4 is 8.03 Å². The topological polar surface area (TPSA) is 26.3 Å². The Hall–Kier alpha value is -0.0700. The quantitative estimate of drug-likeness (QED) is 0.333. The van der Waals surface area contributed by atoms with Crippen LogP contribution < -0.4 is 0 Å². The first-order chi connectivity index (χ1) is 5.81. The summed E-state index contributed by atoms with van der Waals surface area (Å²) in [7, 11) is -1.73. The summed E-state index contributed by atoms with van der Waals surface area (Å²) in [5, 5.41) is 0. The average Bonchev–Trinajstić information content (AvgIpc) is 2.06. The minimum absolute atomic E-state index is 0.655. The molecule has 0 aromatic heterocycles. The molecule has 2 nitrogen and oxygen atoms in total. The summed E-state index contributed by atoms with van der Waals surface area (Å²) in [6, 6.07) is 0. The summed E-state index contributed by atoms with van der Waals surface area (Å²) in [5.41, 5.74) is 0. The van der Waals surface area contributed by atoms with Gasteiger partial charge in [0, 0.05) is 6.16 Å². The molecule has 72 valence electrons. The van der Waals surface area contributed by atoms with Gasteiger partial charge in [-0.2, -0.15) is 0 Å². The van der Waals surface area contributed by atoms with Crippen LogP contribution in [0.2, 0.25) is 0 Å². The van der Waals surface area contributed by atoms with E-state index in [4.69, 9.17) is 4.52 Å². The van der Waals surface area contributed by atoms with Crippen LogP contribution in [0.5, 0.6) is 0 Å². The second-order valence-electron chi connectivity index (χ2n) is 2.75. The first-order valence-electron chi connectivity index (χ1n) is 4.57. The van der Waals surface area contributed by atoms with Gasteiger partial charge in [0.25, 0.3) is 0 Å². The molecule has 12 heavy (non-hydrogen) atoms. The lowest BCUT2D eigenvalue weighted by molar-refractivity contribution is 0.320. The van der Waals surface area contributed by atoms with E-state index in [9.17, 15) is 4.57 Å². The van der Waals surface area contributed by atoms with E-state index in [1.807, 2.05) is 6.08 Å². The number of hydrogen-bond donors (Lipinski definition) is 0. The van der Waals surface area contributed by atoms with E-state index in [-0.39, 0.29) is 0 Å². The Bertz CT molecular complexity index is 134. The molecule has 0 rings (SSSR count). The summed E-state index contributed by atoms with van der Waals surface area (Å²) in [5.74, 6) is 0. The standard InChI is InChI=1S/C9H19O2P/c1-3-5-7-9-12(10)11-8-6-4-2/h3,12H,1,4-9H2,2H3. The van der Waals surface area contributed by atoms with Gasteiger partial charge in [-0.25, -0.2) is 0 Å². The molecule has 0 fully saturated rings. The van der Waals surface area contributed by atoms with Crippen LogP contribution in [-0.4, -0.2) is 12.8 Å². The summed E-state index contributed by atoms with van der Waals surface area (Å²) in [4.78, 5) is 0. The van der Waals surface area contributed by atoms with E-state index in [1.54, 1.807) is 0 Å². The maximum absolute atomic E-state index is 11.1. The van der Waals surface area contributed by atoms with Gasteiger partial charge >= 0.3 is 0 Å². The second kappa shape index (κ2) is 9.02. The molecule has 3 heteroatoms. The van der Waals surface area contributed by atoms with Crippen molar-refractivity contribution in [2.24, 2.45) is 0 Å². The molecule has 0 radical (unpaired) electrons. The van der Waals surface area contributed by atoms with Crippen molar-refractivity contribution in [3.63, 3.8) is 0 Å². The molecule has 0 amide bonds. The Balaban J connectivity index is 3.15. The van der Waals surface area contributed by atoms with Crippen LogP contribution in [0.4, 0.5) is 0 Å². The normalized spacial score (nSPS) is 12.8. The summed E-state index contributed by atoms with van der Waals surface area (Å²) >= 11 is 0. The smallest absolute Gasteiger partial charge is 0.191 e. The van der Waals surface area contributed by atoms with Crippen LogP contribution in [0.3, 0.4) is 0 Å².